The summed E-state index contributed by atoms with van der Waals surface area (Å²) in [7, 11) is -3.09. The molecule has 110 valence electrons. The zero-order valence-corrected chi connectivity index (χ0v) is 11.4. The van der Waals surface area contributed by atoms with E-state index in [-0.39, 0.29) is 6.10 Å². The molecule has 0 aliphatic heterocycles. The van der Waals surface area contributed by atoms with Gasteiger partial charge in [-0.15, -0.1) is 0 Å². The Balaban J connectivity index is 0.000000555. The van der Waals surface area contributed by atoms with Gasteiger partial charge in [0.25, 0.3) is 0 Å². The highest BCUT2D eigenvalue weighted by Crippen LogP contribution is 2.24. The Hall–Kier alpha value is -1.55. The number of hydrogen-bond acceptors (Lipinski definition) is 6. The molecule has 0 heterocycles. The summed E-state index contributed by atoms with van der Waals surface area (Å²) in [6, 6.07) is 5.43. The minimum absolute atomic E-state index is 0.377. The number of nitrogens with two attached hydrogens (primary N) is 1. The van der Waals surface area contributed by atoms with E-state index < -0.39 is 10.4 Å². The van der Waals surface area contributed by atoms with E-state index in [4.69, 9.17) is 33.1 Å². The maximum Gasteiger partial charge on any atom is 0.394 e. The van der Waals surface area contributed by atoms with Gasteiger partial charge in [0.15, 0.2) is 0 Å². The van der Waals surface area contributed by atoms with Crippen LogP contribution in [0.25, 0.3) is 0 Å². The Labute approximate surface area is 111 Å². The molecule has 1 atom stereocenters. The van der Waals surface area contributed by atoms with Crippen LogP contribution in [0.5, 0.6) is 5.75 Å². The lowest BCUT2D eigenvalue weighted by molar-refractivity contribution is 0.208. The molecule has 0 radical (unpaired) electrons. The molecule has 6 N–H and O–H groups in total. The minimum Gasteiger partial charge on any atom is -0.495 e. The fourth-order valence-electron chi connectivity index (χ4n) is 1.11. The van der Waals surface area contributed by atoms with E-state index in [0.29, 0.717) is 18.0 Å². The first-order valence-corrected chi connectivity index (χ1v) is 6.58. The number of rotatable bonds is 4. The number of hydrogen-bond donors (Lipinski definition) is 5. The van der Waals surface area contributed by atoms with Crippen molar-refractivity contribution in [2.45, 2.75) is 13.0 Å². The quantitative estimate of drug-likeness (QED) is 0.397. The molecule has 8 nitrogen and oxygen atoms in total. The average Bonchev–Trinajstić information content (AvgIpc) is 2.24. The molecule has 1 rings (SSSR count). The minimum atomic E-state index is -4.67. The zero-order valence-electron chi connectivity index (χ0n) is 10.6. The van der Waals surface area contributed by atoms with Gasteiger partial charge in [-0.25, -0.2) is 0 Å². The van der Waals surface area contributed by atoms with Gasteiger partial charge in [-0.05, 0) is 25.1 Å². The zero-order chi connectivity index (χ0) is 15.1. The second-order valence-electron chi connectivity index (χ2n) is 3.63. The number of aliphatic hydroxyl groups excluding tert-OH is 1. The molecule has 1 aromatic carbocycles. The van der Waals surface area contributed by atoms with Gasteiger partial charge in [-0.3, -0.25) is 9.11 Å². The maximum absolute atomic E-state index is 9.07. The molecular weight excluding hydrogens is 276 g/mol. The van der Waals surface area contributed by atoms with Crippen LogP contribution in [-0.4, -0.2) is 42.4 Å². The van der Waals surface area contributed by atoms with E-state index in [9.17, 15) is 0 Å². The molecule has 0 aromatic heterocycles. The van der Waals surface area contributed by atoms with Crippen LogP contribution in [0.2, 0.25) is 0 Å². The monoisotopic (exact) mass is 294 g/mol. The van der Waals surface area contributed by atoms with E-state index in [1.807, 2.05) is 6.07 Å². The highest BCUT2D eigenvalue weighted by Gasteiger charge is 2.01. The summed E-state index contributed by atoms with van der Waals surface area (Å²) in [6.07, 6.45) is -0.377. The topological polar surface area (TPSA) is 142 Å². The molecule has 9 heteroatoms. The van der Waals surface area contributed by atoms with Crippen LogP contribution in [0.1, 0.15) is 6.92 Å². The highest BCUT2D eigenvalue weighted by molar-refractivity contribution is 7.79. The highest BCUT2D eigenvalue weighted by atomic mass is 32.3. The molecule has 1 unspecified atom stereocenters. The molecule has 0 aliphatic rings. The van der Waals surface area contributed by atoms with Crippen LogP contribution in [0, 0.1) is 0 Å². The first kappa shape index (κ1) is 17.4. The van der Waals surface area contributed by atoms with Crippen molar-refractivity contribution in [3.8, 4) is 5.75 Å². The average molecular weight is 294 g/mol. The number of anilines is 2. The van der Waals surface area contributed by atoms with E-state index in [2.05, 4.69) is 5.32 Å². The number of nitrogens with one attached hydrogen (secondary N) is 1. The number of benzene rings is 1. The van der Waals surface area contributed by atoms with Gasteiger partial charge in [0.2, 0.25) is 0 Å². The van der Waals surface area contributed by atoms with Crippen LogP contribution >= 0.6 is 0 Å². The Morgan fingerprint density at radius 2 is 1.95 bits per heavy atom. The number of ether oxygens (including phenoxy) is 1. The van der Waals surface area contributed by atoms with Gasteiger partial charge < -0.3 is 20.9 Å². The smallest absolute Gasteiger partial charge is 0.394 e. The van der Waals surface area contributed by atoms with Crippen LogP contribution < -0.4 is 15.8 Å². The van der Waals surface area contributed by atoms with Crippen molar-refractivity contribution in [3.05, 3.63) is 18.2 Å². The Morgan fingerprint density at radius 3 is 2.32 bits per heavy atom. The standard InChI is InChI=1S/C10H16N2O2.H2O4S/c1-7(13)6-12-8-3-4-10(14-2)9(11)5-8;1-5(2,3)4/h3-5,7,12-13H,6,11H2,1-2H3;(H2,1,2,3,4). The SMILES string of the molecule is COc1ccc(NCC(C)O)cc1N.O=S(=O)(O)O. The number of aliphatic hydroxyl groups is 1. The van der Waals surface area contributed by atoms with Crippen molar-refractivity contribution >= 4 is 21.8 Å². The summed E-state index contributed by atoms with van der Waals surface area (Å²) >= 11 is 0. The molecule has 0 amide bonds. The van der Waals surface area contributed by atoms with Crippen molar-refractivity contribution in [1.29, 1.82) is 0 Å². The number of nitrogen functional groups attached to an aromatic ring is 1. The molecular formula is C10H18N2O6S. The van der Waals surface area contributed by atoms with E-state index in [0.717, 1.165) is 5.69 Å². The van der Waals surface area contributed by atoms with Crippen LogP contribution in [0.4, 0.5) is 11.4 Å². The molecule has 0 fully saturated rings. The predicted molar refractivity (Wildman–Crippen MR) is 71.8 cm³/mol. The van der Waals surface area contributed by atoms with Gasteiger partial charge >= 0.3 is 10.4 Å². The lowest BCUT2D eigenvalue weighted by Gasteiger charge is -2.10. The molecule has 0 spiro atoms. The molecule has 1 aromatic rings. The second kappa shape index (κ2) is 7.79. The third-order valence-electron chi connectivity index (χ3n) is 1.83. The van der Waals surface area contributed by atoms with Crippen LogP contribution in [0.3, 0.4) is 0 Å². The fraction of sp³-hybridized carbons (Fsp3) is 0.400. The third-order valence-corrected chi connectivity index (χ3v) is 1.83. The van der Waals surface area contributed by atoms with Gasteiger partial charge in [-0.2, -0.15) is 8.42 Å². The Kier molecular flexibility index (Phi) is 7.16. The van der Waals surface area contributed by atoms with Crippen molar-refractivity contribution in [3.63, 3.8) is 0 Å². The lowest BCUT2D eigenvalue weighted by atomic mass is 10.2. The fourth-order valence-corrected chi connectivity index (χ4v) is 1.11. The van der Waals surface area contributed by atoms with Crippen molar-refractivity contribution in [2.24, 2.45) is 0 Å². The van der Waals surface area contributed by atoms with Gasteiger partial charge in [0, 0.05) is 12.2 Å². The van der Waals surface area contributed by atoms with Crippen molar-refractivity contribution < 1.29 is 27.4 Å². The van der Waals surface area contributed by atoms with Crippen molar-refractivity contribution in [1.82, 2.24) is 0 Å². The molecule has 0 saturated heterocycles. The summed E-state index contributed by atoms with van der Waals surface area (Å²) in [4.78, 5) is 0. The van der Waals surface area contributed by atoms with Gasteiger partial charge in [-0.1, -0.05) is 0 Å². The molecule has 19 heavy (non-hydrogen) atoms. The van der Waals surface area contributed by atoms with Gasteiger partial charge in [0.1, 0.15) is 5.75 Å². The first-order chi connectivity index (χ1) is 8.63. The van der Waals surface area contributed by atoms with E-state index in [1.54, 1.807) is 26.2 Å². The molecule has 0 saturated carbocycles. The van der Waals surface area contributed by atoms with Crippen molar-refractivity contribution in [2.75, 3.05) is 24.7 Å². The Bertz CT molecular complexity index is 481. The lowest BCUT2D eigenvalue weighted by Crippen LogP contribution is -2.15. The normalized spacial score (nSPS) is 12.1. The van der Waals surface area contributed by atoms with Crippen LogP contribution in [0.15, 0.2) is 18.2 Å². The summed E-state index contributed by atoms with van der Waals surface area (Å²) < 4.78 is 36.6. The summed E-state index contributed by atoms with van der Waals surface area (Å²) in [5, 5.41) is 12.1. The summed E-state index contributed by atoms with van der Waals surface area (Å²) in [5.74, 6) is 0.660. The Morgan fingerprint density at radius 1 is 1.42 bits per heavy atom. The number of methoxy groups -OCH3 is 1. The molecule has 0 aliphatic carbocycles. The van der Waals surface area contributed by atoms with Gasteiger partial charge in [0.05, 0.1) is 18.9 Å². The second-order valence-corrected chi connectivity index (χ2v) is 4.53. The van der Waals surface area contributed by atoms with E-state index >= 15 is 0 Å². The van der Waals surface area contributed by atoms with E-state index in [1.165, 1.54) is 0 Å². The first-order valence-electron chi connectivity index (χ1n) is 5.18. The third kappa shape index (κ3) is 10.1. The summed E-state index contributed by atoms with van der Waals surface area (Å²) in [6.45, 7) is 2.23. The predicted octanol–water partition coefficient (Wildman–Crippen LogP) is 0.417. The maximum atomic E-state index is 9.07. The molecule has 0 bridgehead atoms. The van der Waals surface area contributed by atoms with Crippen LogP contribution in [-0.2, 0) is 10.4 Å². The summed E-state index contributed by atoms with van der Waals surface area (Å²) in [5.41, 5.74) is 7.18. The largest absolute Gasteiger partial charge is 0.495 e.